The minimum absolute atomic E-state index is 0.0193. The number of aromatic nitrogens is 3. The quantitative estimate of drug-likeness (QED) is 0.551. The molecule has 2 aromatic carbocycles. The fourth-order valence-electron chi connectivity index (χ4n) is 3.87. The molecule has 0 fully saturated rings. The van der Waals surface area contributed by atoms with E-state index in [4.69, 9.17) is 5.73 Å². The second-order valence-electron chi connectivity index (χ2n) is 7.33. The minimum Gasteiger partial charge on any atom is -0.374 e. The van der Waals surface area contributed by atoms with Crippen molar-refractivity contribution in [3.8, 4) is 11.3 Å². The van der Waals surface area contributed by atoms with E-state index in [0.717, 1.165) is 28.0 Å². The van der Waals surface area contributed by atoms with Crippen molar-refractivity contribution in [2.45, 2.75) is 25.8 Å². The van der Waals surface area contributed by atoms with E-state index in [2.05, 4.69) is 71.7 Å². The second kappa shape index (κ2) is 5.84. The Kier molecular flexibility index (Phi) is 3.44. The van der Waals surface area contributed by atoms with Crippen molar-refractivity contribution in [2.24, 2.45) is 0 Å². The largest absolute Gasteiger partial charge is 0.374 e. The number of para-hydroxylation sites is 1. The summed E-state index contributed by atoms with van der Waals surface area (Å²) >= 11 is 0. The zero-order valence-corrected chi connectivity index (χ0v) is 15.3. The first-order valence-corrected chi connectivity index (χ1v) is 9.22. The van der Waals surface area contributed by atoms with Crippen LogP contribution in [0.25, 0.3) is 16.8 Å². The maximum absolute atomic E-state index is 5.97. The van der Waals surface area contributed by atoms with Crippen LogP contribution in [0, 0.1) is 0 Å². The smallest absolute Gasteiger partial charge is 0.238 e. The van der Waals surface area contributed by atoms with Crippen LogP contribution in [0.5, 0.6) is 0 Å². The Morgan fingerprint density at radius 1 is 1.04 bits per heavy atom. The van der Waals surface area contributed by atoms with Crippen molar-refractivity contribution in [2.75, 3.05) is 11.1 Å². The van der Waals surface area contributed by atoms with E-state index in [0.29, 0.717) is 5.92 Å². The third-order valence-corrected chi connectivity index (χ3v) is 5.29. The highest BCUT2D eigenvalue weighted by atomic mass is 15.3. The number of nitrogens with two attached hydrogens (primary N) is 1. The zero-order chi connectivity index (χ0) is 18.5. The van der Waals surface area contributed by atoms with Gasteiger partial charge in [0.25, 0.3) is 0 Å². The average molecular weight is 355 g/mol. The molecule has 1 unspecified atom stereocenters. The first-order valence-electron chi connectivity index (χ1n) is 9.22. The summed E-state index contributed by atoms with van der Waals surface area (Å²) in [5, 5.41) is 8.09. The van der Waals surface area contributed by atoms with E-state index in [-0.39, 0.29) is 12.0 Å². The van der Waals surface area contributed by atoms with Crippen molar-refractivity contribution in [1.82, 2.24) is 14.6 Å². The van der Waals surface area contributed by atoms with E-state index in [9.17, 15) is 0 Å². The zero-order valence-electron chi connectivity index (χ0n) is 15.3. The van der Waals surface area contributed by atoms with Crippen molar-refractivity contribution in [1.29, 1.82) is 0 Å². The van der Waals surface area contributed by atoms with Gasteiger partial charge in [0.05, 0.1) is 11.6 Å². The molecule has 0 saturated carbocycles. The van der Waals surface area contributed by atoms with Crippen LogP contribution in [0.2, 0.25) is 0 Å². The first-order chi connectivity index (χ1) is 13.1. The third-order valence-electron chi connectivity index (χ3n) is 5.29. The number of nitrogens with zero attached hydrogens (tertiary/aromatic N) is 3. The third kappa shape index (κ3) is 2.46. The Bertz CT molecular complexity index is 1140. The molecular formula is C22H21N5. The van der Waals surface area contributed by atoms with Gasteiger partial charge in [-0.2, -0.15) is 0 Å². The highest BCUT2D eigenvalue weighted by Gasteiger charge is 2.27. The van der Waals surface area contributed by atoms with Crippen LogP contribution < -0.4 is 11.1 Å². The molecule has 1 atom stereocenters. The summed E-state index contributed by atoms with van der Waals surface area (Å²) in [6.07, 6.45) is 1.96. The molecule has 4 aromatic rings. The Morgan fingerprint density at radius 2 is 1.81 bits per heavy atom. The molecule has 0 bridgehead atoms. The molecule has 134 valence electrons. The number of benzene rings is 2. The number of hydrogen-bond acceptors (Lipinski definition) is 4. The predicted octanol–water partition coefficient (Wildman–Crippen LogP) is 4.62. The summed E-state index contributed by atoms with van der Waals surface area (Å²) in [7, 11) is 0. The Balaban J connectivity index is 1.76. The molecule has 5 heteroatoms. The standard InChI is InChI=1S/C22H21N5/c1-13(2)14-7-9-15(10-8-14)19-17-11-12-27-21(17)20(25-22(23)26-27)16-5-3-4-6-18(16)24-19/h3-13,19,24H,1-2H3,(H2,23,26). The molecule has 3 N–H and O–H groups in total. The number of rotatable bonds is 2. The van der Waals surface area contributed by atoms with Gasteiger partial charge in [-0.05, 0) is 29.2 Å². The summed E-state index contributed by atoms with van der Waals surface area (Å²) in [6.45, 7) is 4.43. The van der Waals surface area contributed by atoms with Gasteiger partial charge in [0.2, 0.25) is 5.95 Å². The molecular weight excluding hydrogens is 334 g/mol. The second-order valence-corrected chi connectivity index (χ2v) is 7.33. The normalized spacial score (nSPS) is 15.4. The molecule has 0 spiro atoms. The van der Waals surface area contributed by atoms with Gasteiger partial charge >= 0.3 is 0 Å². The van der Waals surface area contributed by atoms with E-state index in [1.165, 1.54) is 11.1 Å². The maximum Gasteiger partial charge on any atom is 0.238 e. The van der Waals surface area contributed by atoms with Gasteiger partial charge in [0.15, 0.2) is 0 Å². The van der Waals surface area contributed by atoms with Crippen molar-refractivity contribution in [3.05, 3.63) is 77.5 Å². The summed E-state index contributed by atoms with van der Waals surface area (Å²) in [5.41, 5.74) is 13.6. The molecule has 27 heavy (non-hydrogen) atoms. The van der Waals surface area contributed by atoms with Crippen LogP contribution in [0.4, 0.5) is 11.6 Å². The Hall–Kier alpha value is -3.34. The van der Waals surface area contributed by atoms with E-state index < -0.39 is 0 Å². The Labute approximate surface area is 157 Å². The molecule has 1 aliphatic rings. The van der Waals surface area contributed by atoms with Gasteiger partial charge in [-0.3, -0.25) is 0 Å². The predicted molar refractivity (Wildman–Crippen MR) is 109 cm³/mol. The molecule has 2 aromatic heterocycles. The van der Waals surface area contributed by atoms with Gasteiger partial charge in [-0.1, -0.05) is 56.3 Å². The number of nitrogen functional groups attached to an aromatic ring is 1. The molecule has 0 aliphatic carbocycles. The minimum atomic E-state index is 0.0193. The molecule has 0 radical (unpaired) electrons. The fourth-order valence-corrected chi connectivity index (χ4v) is 3.87. The van der Waals surface area contributed by atoms with Crippen LogP contribution >= 0.6 is 0 Å². The monoisotopic (exact) mass is 355 g/mol. The number of fused-ring (bicyclic) bond motifs is 2. The Morgan fingerprint density at radius 3 is 2.59 bits per heavy atom. The maximum atomic E-state index is 5.97. The fraction of sp³-hybridized carbons (Fsp3) is 0.182. The lowest BCUT2D eigenvalue weighted by atomic mass is 9.96. The molecule has 0 amide bonds. The topological polar surface area (TPSA) is 68.2 Å². The van der Waals surface area contributed by atoms with Crippen LogP contribution in [0.1, 0.15) is 42.5 Å². The average Bonchev–Trinajstić information content (AvgIpc) is 3.03. The van der Waals surface area contributed by atoms with Gasteiger partial charge < -0.3 is 11.1 Å². The summed E-state index contributed by atoms with van der Waals surface area (Å²) in [4.78, 5) is 4.58. The first kappa shape index (κ1) is 15.9. The van der Waals surface area contributed by atoms with Crippen LogP contribution in [-0.2, 0) is 0 Å². The number of anilines is 2. The highest BCUT2D eigenvalue weighted by molar-refractivity contribution is 5.90. The lowest BCUT2D eigenvalue weighted by molar-refractivity contribution is 0.861. The molecule has 5 rings (SSSR count). The highest BCUT2D eigenvalue weighted by Crippen LogP contribution is 2.41. The molecule has 0 saturated heterocycles. The number of nitrogens with one attached hydrogen (secondary N) is 1. The van der Waals surface area contributed by atoms with Gasteiger partial charge in [-0.25, -0.2) is 9.50 Å². The lowest BCUT2D eigenvalue weighted by Crippen LogP contribution is -2.11. The van der Waals surface area contributed by atoms with Gasteiger partial charge in [-0.15, -0.1) is 5.10 Å². The lowest BCUT2D eigenvalue weighted by Gasteiger charge is -2.20. The van der Waals surface area contributed by atoms with E-state index in [1.807, 2.05) is 22.8 Å². The van der Waals surface area contributed by atoms with Gasteiger partial charge in [0.1, 0.15) is 5.69 Å². The summed E-state index contributed by atoms with van der Waals surface area (Å²) < 4.78 is 1.84. The molecule has 1 aliphatic heterocycles. The SMILES string of the molecule is CC(C)c1ccc(C2Nc3ccccc3-c3nc(N)nn4ccc2c34)cc1. The van der Waals surface area contributed by atoms with E-state index >= 15 is 0 Å². The number of hydrogen-bond donors (Lipinski definition) is 2. The van der Waals surface area contributed by atoms with Crippen molar-refractivity contribution >= 4 is 17.2 Å². The van der Waals surface area contributed by atoms with Crippen LogP contribution in [0.15, 0.2) is 60.8 Å². The van der Waals surface area contributed by atoms with Crippen LogP contribution in [0.3, 0.4) is 0 Å². The van der Waals surface area contributed by atoms with Crippen molar-refractivity contribution in [3.63, 3.8) is 0 Å². The molecule has 5 nitrogen and oxygen atoms in total. The van der Waals surface area contributed by atoms with Crippen LogP contribution in [-0.4, -0.2) is 14.6 Å². The molecule has 3 heterocycles. The van der Waals surface area contributed by atoms with E-state index in [1.54, 1.807) is 0 Å². The van der Waals surface area contributed by atoms with Gasteiger partial charge in [0, 0.05) is 23.0 Å². The summed E-state index contributed by atoms with van der Waals surface area (Å²) in [6, 6.07) is 19.2. The van der Waals surface area contributed by atoms with Crippen molar-refractivity contribution < 1.29 is 0 Å². The summed E-state index contributed by atoms with van der Waals surface area (Å²) in [5.74, 6) is 0.786.